The van der Waals surface area contributed by atoms with E-state index in [0.29, 0.717) is 18.2 Å². The quantitative estimate of drug-likeness (QED) is 0.723. The predicted molar refractivity (Wildman–Crippen MR) is 66.5 cm³/mol. The average Bonchev–Trinajstić information content (AvgIpc) is 2.38. The second-order valence-electron chi connectivity index (χ2n) is 5.09. The van der Waals surface area contributed by atoms with E-state index in [1.165, 1.54) is 0 Å². The van der Waals surface area contributed by atoms with Gasteiger partial charge in [0.15, 0.2) is 0 Å². The largest absolute Gasteiger partial charge is 0.394 e. The molecule has 0 aliphatic carbocycles. The first kappa shape index (κ1) is 12.8. The summed E-state index contributed by atoms with van der Waals surface area (Å²) in [4.78, 5) is 0. The number of hydrogen-bond acceptors (Lipinski definition) is 4. The fraction of sp³-hybridized carbons (Fsp3) is 0.727. The first-order chi connectivity index (χ1) is 7.22. The summed E-state index contributed by atoms with van der Waals surface area (Å²) in [5.41, 5.74) is 6.80. The number of aryl methyl sites for hydroxylation is 1. The summed E-state index contributed by atoms with van der Waals surface area (Å²) in [5, 5.41) is 17.1. The molecule has 0 aromatic carbocycles. The molecular weight excluding hydrogens is 204 g/mol. The van der Waals surface area contributed by atoms with Crippen LogP contribution in [-0.2, 0) is 7.05 Å². The third-order valence-corrected chi connectivity index (χ3v) is 2.35. The Balaban J connectivity index is 2.89. The minimum Gasteiger partial charge on any atom is -0.394 e. The summed E-state index contributed by atoms with van der Waals surface area (Å²) >= 11 is 0. The molecule has 4 N–H and O–H groups in total. The van der Waals surface area contributed by atoms with Crippen molar-refractivity contribution in [3.8, 4) is 0 Å². The lowest BCUT2D eigenvalue weighted by molar-refractivity contribution is 0.0944. The monoisotopic (exact) mass is 226 g/mol. The van der Waals surface area contributed by atoms with Crippen LogP contribution in [0.5, 0.6) is 0 Å². The second-order valence-corrected chi connectivity index (χ2v) is 5.09. The fourth-order valence-electron chi connectivity index (χ4n) is 1.50. The number of hydrogen-bond donors (Lipinski definition) is 3. The summed E-state index contributed by atoms with van der Waals surface area (Å²) in [6.07, 6.45) is 0. The first-order valence-corrected chi connectivity index (χ1v) is 5.51. The van der Waals surface area contributed by atoms with Gasteiger partial charge in [0.05, 0.1) is 17.0 Å². The van der Waals surface area contributed by atoms with E-state index in [9.17, 15) is 5.11 Å². The molecule has 0 saturated carbocycles. The number of nitrogens with one attached hydrogen (secondary N) is 1. The molecule has 0 unspecified atom stereocenters. The summed E-state index contributed by atoms with van der Waals surface area (Å²) in [6, 6.07) is 0. The molecule has 0 radical (unpaired) electrons. The van der Waals surface area contributed by atoms with Crippen molar-refractivity contribution >= 4 is 11.5 Å². The van der Waals surface area contributed by atoms with Crippen LogP contribution >= 0.6 is 0 Å². The van der Waals surface area contributed by atoms with Gasteiger partial charge in [-0.05, 0) is 19.8 Å². The maximum atomic E-state index is 9.64. The lowest BCUT2D eigenvalue weighted by Gasteiger charge is -2.18. The standard InChI is InChI=1S/C11H22N4O/c1-7(2)9-8(12)10(15(5)14-9)13-6-11(3,4)16/h7,13,16H,6,12H2,1-5H3. The number of nitrogens with two attached hydrogens (primary N) is 1. The van der Waals surface area contributed by atoms with E-state index < -0.39 is 5.60 Å². The van der Waals surface area contributed by atoms with E-state index >= 15 is 0 Å². The number of rotatable bonds is 4. The minimum atomic E-state index is -0.769. The molecule has 0 bridgehead atoms. The topological polar surface area (TPSA) is 76.1 Å². The molecular formula is C11H22N4O. The molecule has 0 amide bonds. The molecule has 16 heavy (non-hydrogen) atoms. The lowest BCUT2D eigenvalue weighted by atomic mass is 10.1. The van der Waals surface area contributed by atoms with Crippen LogP contribution in [0.3, 0.4) is 0 Å². The summed E-state index contributed by atoms with van der Waals surface area (Å²) < 4.78 is 1.72. The zero-order valence-corrected chi connectivity index (χ0v) is 10.7. The van der Waals surface area contributed by atoms with Gasteiger partial charge in [-0.3, -0.25) is 4.68 Å². The zero-order chi connectivity index (χ0) is 12.5. The van der Waals surface area contributed by atoms with Gasteiger partial charge in [-0.1, -0.05) is 13.8 Å². The highest BCUT2D eigenvalue weighted by Crippen LogP contribution is 2.27. The van der Waals surface area contributed by atoms with Gasteiger partial charge in [-0.15, -0.1) is 0 Å². The maximum Gasteiger partial charge on any atom is 0.147 e. The number of nitrogens with zero attached hydrogens (tertiary/aromatic N) is 2. The van der Waals surface area contributed by atoms with E-state index in [2.05, 4.69) is 24.3 Å². The van der Waals surface area contributed by atoms with Gasteiger partial charge in [0.2, 0.25) is 0 Å². The Morgan fingerprint density at radius 1 is 1.50 bits per heavy atom. The second kappa shape index (κ2) is 4.33. The fourth-order valence-corrected chi connectivity index (χ4v) is 1.50. The van der Waals surface area contributed by atoms with Crippen LogP contribution in [0.4, 0.5) is 11.5 Å². The third-order valence-electron chi connectivity index (χ3n) is 2.35. The Kier molecular flexibility index (Phi) is 3.48. The number of nitrogen functional groups attached to an aromatic ring is 1. The zero-order valence-electron chi connectivity index (χ0n) is 10.7. The van der Waals surface area contributed by atoms with Gasteiger partial charge in [0, 0.05) is 13.6 Å². The molecule has 5 heteroatoms. The highest BCUT2D eigenvalue weighted by molar-refractivity contribution is 5.65. The van der Waals surface area contributed by atoms with E-state index in [0.717, 1.165) is 11.5 Å². The molecule has 1 rings (SSSR count). The Morgan fingerprint density at radius 2 is 2.06 bits per heavy atom. The highest BCUT2D eigenvalue weighted by Gasteiger charge is 2.18. The summed E-state index contributed by atoms with van der Waals surface area (Å²) in [7, 11) is 1.84. The Morgan fingerprint density at radius 3 is 2.44 bits per heavy atom. The number of aromatic nitrogens is 2. The molecule has 1 aromatic heterocycles. The molecule has 1 aromatic rings. The number of anilines is 2. The molecule has 0 aliphatic heterocycles. The van der Waals surface area contributed by atoms with E-state index in [1.807, 2.05) is 7.05 Å². The molecule has 0 spiro atoms. The van der Waals surface area contributed by atoms with Gasteiger partial charge in [-0.2, -0.15) is 5.10 Å². The lowest BCUT2D eigenvalue weighted by Crippen LogP contribution is -2.30. The van der Waals surface area contributed by atoms with Crippen molar-refractivity contribution in [2.24, 2.45) is 7.05 Å². The minimum absolute atomic E-state index is 0.295. The van der Waals surface area contributed by atoms with Crippen molar-refractivity contribution in [2.45, 2.75) is 39.2 Å². The van der Waals surface area contributed by atoms with Crippen LogP contribution in [0.1, 0.15) is 39.3 Å². The molecule has 92 valence electrons. The SMILES string of the molecule is CC(C)c1nn(C)c(NCC(C)(C)O)c1N. The van der Waals surface area contributed by atoms with Gasteiger partial charge in [0.1, 0.15) is 5.82 Å². The smallest absolute Gasteiger partial charge is 0.147 e. The Hall–Kier alpha value is -1.23. The van der Waals surface area contributed by atoms with Crippen molar-refractivity contribution in [3.05, 3.63) is 5.69 Å². The van der Waals surface area contributed by atoms with Crippen molar-refractivity contribution < 1.29 is 5.11 Å². The number of aliphatic hydroxyl groups is 1. The maximum absolute atomic E-state index is 9.64. The van der Waals surface area contributed by atoms with Gasteiger partial charge in [0.25, 0.3) is 0 Å². The molecule has 5 nitrogen and oxygen atoms in total. The average molecular weight is 226 g/mol. The normalized spacial score (nSPS) is 12.2. The molecule has 0 aliphatic rings. The first-order valence-electron chi connectivity index (χ1n) is 5.51. The van der Waals surface area contributed by atoms with Gasteiger partial charge >= 0.3 is 0 Å². The van der Waals surface area contributed by atoms with Crippen LogP contribution in [0.25, 0.3) is 0 Å². The predicted octanol–water partition coefficient (Wildman–Crippen LogP) is 1.31. The summed E-state index contributed by atoms with van der Waals surface area (Å²) in [6.45, 7) is 8.04. The highest BCUT2D eigenvalue weighted by atomic mass is 16.3. The van der Waals surface area contributed by atoms with Crippen molar-refractivity contribution in [1.82, 2.24) is 9.78 Å². The third kappa shape index (κ3) is 2.88. The van der Waals surface area contributed by atoms with E-state index in [-0.39, 0.29) is 0 Å². The molecule has 0 fully saturated rings. The van der Waals surface area contributed by atoms with Gasteiger partial charge < -0.3 is 16.2 Å². The van der Waals surface area contributed by atoms with E-state index in [1.54, 1.807) is 18.5 Å². The molecule has 1 heterocycles. The van der Waals surface area contributed by atoms with Crippen LogP contribution in [-0.4, -0.2) is 27.0 Å². The van der Waals surface area contributed by atoms with Crippen LogP contribution in [0.2, 0.25) is 0 Å². The van der Waals surface area contributed by atoms with Crippen LogP contribution in [0.15, 0.2) is 0 Å². The Bertz CT molecular complexity index is 363. The van der Waals surface area contributed by atoms with Gasteiger partial charge in [-0.25, -0.2) is 0 Å². The van der Waals surface area contributed by atoms with Crippen LogP contribution in [0, 0.1) is 0 Å². The van der Waals surface area contributed by atoms with Crippen molar-refractivity contribution in [2.75, 3.05) is 17.6 Å². The Labute approximate surface area is 96.6 Å². The van der Waals surface area contributed by atoms with Crippen molar-refractivity contribution in [1.29, 1.82) is 0 Å². The van der Waals surface area contributed by atoms with E-state index in [4.69, 9.17) is 5.73 Å². The van der Waals surface area contributed by atoms with Crippen LogP contribution < -0.4 is 11.1 Å². The molecule has 0 atom stereocenters. The van der Waals surface area contributed by atoms with Crippen molar-refractivity contribution in [3.63, 3.8) is 0 Å². The molecule has 0 saturated heterocycles. The summed E-state index contributed by atoms with van der Waals surface area (Å²) in [5.74, 6) is 1.06.